The monoisotopic (exact) mass is 420 g/mol. The molecule has 6 nitrogen and oxygen atoms in total. The second kappa shape index (κ2) is 10.1. The predicted molar refractivity (Wildman–Crippen MR) is 120 cm³/mol. The van der Waals surface area contributed by atoms with Crippen molar-refractivity contribution in [1.29, 1.82) is 0 Å². The number of ether oxygens (including phenoxy) is 1. The van der Waals surface area contributed by atoms with Crippen LogP contribution in [0.25, 0.3) is 0 Å². The molecule has 0 fully saturated rings. The molecule has 0 amide bonds. The zero-order valence-electron chi connectivity index (χ0n) is 18.2. The molecular weight excluding hydrogens is 392 g/mol. The zero-order valence-corrected chi connectivity index (χ0v) is 18.2. The molecular formula is C25H28N2O4. The fraction of sp³-hybridized carbons (Fsp3) is 0.320. The highest BCUT2D eigenvalue weighted by Gasteiger charge is 2.21. The number of benzene rings is 2. The molecule has 0 aliphatic carbocycles. The first-order chi connectivity index (χ1) is 14.9. The maximum atomic E-state index is 12.9. The van der Waals surface area contributed by atoms with Crippen LogP contribution in [0, 0.1) is 13.8 Å². The first-order valence-corrected chi connectivity index (χ1v) is 10.5. The van der Waals surface area contributed by atoms with Gasteiger partial charge in [-0.3, -0.25) is 9.36 Å². The van der Waals surface area contributed by atoms with Crippen LogP contribution >= 0.6 is 0 Å². The topological polar surface area (TPSA) is 81.4 Å². The summed E-state index contributed by atoms with van der Waals surface area (Å²) in [5.74, 6) is 0.200. The third-order valence-electron chi connectivity index (χ3n) is 5.32. The van der Waals surface area contributed by atoms with Gasteiger partial charge in [-0.05, 0) is 38.0 Å². The molecule has 0 saturated carbocycles. The third-order valence-corrected chi connectivity index (χ3v) is 5.32. The molecule has 0 radical (unpaired) electrons. The van der Waals surface area contributed by atoms with Crippen molar-refractivity contribution in [3.63, 3.8) is 0 Å². The second-order valence-corrected chi connectivity index (χ2v) is 7.62. The Morgan fingerprint density at radius 2 is 1.77 bits per heavy atom. The number of aromatic nitrogens is 2. The highest BCUT2D eigenvalue weighted by molar-refractivity contribution is 5.74. The summed E-state index contributed by atoms with van der Waals surface area (Å²) in [7, 11) is 0. The summed E-state index contributed by atoms with van der Waals surface area (Å²) in [6.45, 7) is 6.20. The van der Waals surface area contributed by atoms with E-state index in [1.54, 1.807) is 47.9 Å². The summed E-state index contributed by atoms with van der Waals surface area (Å²) in [5, 5.41) is 9.55. The van der Waals surface area contributed by atoms with Gasteiger partial charge in [0.1, 0.15) is 11.6 Å². The van der Waals surface area contributed by atoms with Gasteiger partial charge in [-0.15, -0.1) is 0 Å². The molecule has 1 atom stereocenters. The Labute approximate surface area is 182 Å². The van der Waals surface area contributed by atoms with Crippen molar-refractivity contribution in [3.05, 3.63) is 93.2 Å². The molecule has 3 aromatic rings. The minimum atomic E-state index is -1.08. The van der Waals surface area contributed by atoms with E-state index in [0.717, 1.165) is 36.3 Å². The van der Waals surface area contributed by atoms with E-state index in [1.807, 2.05) is 25.1 Å². The van der Waals surface area contributed by atoms with Crippen LogP contribution in [0.3, 0.4) is 0 Å². The summed E-state index contributed by atoms with van der Waals surface area (Å²) >= 11 is 0. The van der Waals surface area contributed by atoms with Crippen molar-refractivity contribution in [2.75, 3.05) is 0 Å². The van der Waals surface area contributed by atoms with Gasteiger partial charge in [0.15, 0.2) is 0 Å². The average Bonchev–Trinajstić information content (AvgIpc) is 2.78. The van der Waals surface area contributed by atoms with Gasteiger partial charge in [0.2, 0.25) is 6.10 Å². The van der Waals surface area contributed by atoms with Crippen molar-refractivity contribution in [3.8, 4) is 5.75 Å². The molecule has 162 valence electrons. The number of rotatable bonds is 9. The third kappa shape index (κ3) is 5.40. The largest absolute Gasteiger partial charge is 0.478 e. The standard InChI is InChI=1S/C25H28N2O4/c1-4-5-11-22-26-18(3)17(2)24(28)27(22)16-19-12-14-21(15-13-19)31-23(25(29)30)20-9-7-6-8-10-20/h6-10,12-15,23H,4-5,11,16H2,1-3H3,(H,29,30). The predicted octanol–water partition coefficient (Wildman–Crippen LogP) is 4.46. The molecule has 0 aliphatic rings. The Kier molecular flexibility index (Phi) is 7.23. The van der Waals surface area contributed by atoms with Crippen LogP contribution < -0.4 is 10.3 Å². The van der Waals surface area contributed by atoms with Gasteiger partial charge >= 0.3 is 5.97 Å². The van der Waals surface area contributed by atoms with Crippen molar-refractivity contribution in [2.45, 2.75) is 52.7 Å². The number of hydrogen-bond acceptors (Lipinski definition) is 4. The number of carboxylic acids is 1. The molecule has 0 saturated heterocycles. The number of carboxylic acid groups (broad SMARTS) is 1. The lowest BCUT2D eigenvalue weighted by atomic mass is 10.1. The molecule has 1 N–H and O–H groups in total. The molecule has 1 aromatic heterocycles. The Bertz CT molecular complexity index is 1090. The van der Waals surface area contributed by atoms with Crippen LogP contribution in [0.2, 0.25) is 0 Å². The summed E-state index contributed by atoms with van der Waals surface area (Å²) in [4.78, 5) is 29.2. The van der Waals surface area contributed by atoms with E-state index in [9.17, 15) is 14.7 Å². The van der Waals surface area contributed by atoms with E-state index in [2.05, 4.69) is 11.9 Å². The summed E-state index contributed by atoms with van der Waals surface area (Å²) in [6.07, 6.45) is 1.67. The highest BCUT2D eigenvalue weighted by Crippen LogP contribution is 2.23. The normalized spacial score (nSPS) is 11.8. The van der Waals surface area contributed by atoms with E-state index in [-0.39, 0.29) is 5.56 Å². The quantitative estimate of drug-likeness (QED) is 0.553. The Balaban J connectivity index is 1.82. The van der Waals surface area contributed by atoms with E-state index in [0.29, 0.717) is 23.4 Å². The van der Waals surface area contributed by atoms with Gasteiger partial charge < -0.3 is 9.84 Å². The molecule has 31 heavy (non-hydrogen) atoms. The van der Waals surface area contributed by atoms with E-state index < -0.39 is 12.1 Å². The lowest BCUT2D eigenvalue weighted by Gasteiger charge is -2.17. The Hall–Kier alpha value is -3.41. The number of nitrogens with zero attached hydrogens (tertiary/aromatic N) is 2. The Morgan fingerprint density at radius 1 is 1.10 bits per heavy atom. The van der Waals surface area contributed by atoms with Crippen molar-refractivity contribution in [1.82, 2.24) is 9.55 Å². The SMILES string of the molecule is CCCCc1nc(C)c(C)c(=O)n1Cc1ccc(OC(C(=O)O)c2ccccc2)cc1. The molecule has 0 bridgehead atoms. The van der Waals surface area contributed by atoms with Crippen LogP contribution in [0.1, 0.15) is 54.1 Å². The maximum absolute atomic E-state index is 12.9. The molecule has 0 spiro atoms. The second-order valence-electron chi connectivity index (χ2n) is 7.62. The van der Waals surface area contributed by atoms with Gasteiger partial charge in [0.05, 0.1) is 6.54 Å². The molecule has 0 aliphatic heterocycles. The van der Waals surface area contributed by atoms with E-state index in [4.69, 9.17) is 4.74 Å². The fourth-order valence-electron chi connectivity index (χ4n) is 3.38. The smallest absolute Gasteiger partial charge is 0.349 e. The van der Waals surface area contributed by atoms with Crippen LogP contribution in [0.15, 0.2) is 59.4 Å². The first kappa shape index (κ1) is 22.3. The molecule has 1 unspecified atom stereocenters. The van der Waals surface area contributed by atoms with Crippen LogP contribution in [0.4, 0.5) is 0 Å². The van der Waals surface area contributed by atoms with E-state index in [1.165, 1.54) is 0 Å². The summed E-state index contributed by atoms with van der Waals surface area (Å²) in [6, 6.07) is 16.0. The fourth-order valence-corrected chi connectivity index (χ4v) is 3.38. The number of aryl methyl sites for hydroxylation is 2. The number of carbonyl (C=O) groups is 1. The minimum Gasteiger partial charge on any atom is -0.478 e. The number of unbranched alkanes of at least 4 members (excludes halogenated alkanes) is 1. The zero-order chi connectivity index (χ0) is 22.4. The molecule has 6 heteroatoms. The number of hydrogen-bond donors (Lipinski definition) is 1. The van der Waals surface area contributed by atoms with Gasteiger partial charge in [0, 0.05) is 23.2 Å². The van der Waals surface area contributed by atoms with Crippen LogP contribution in [-0.4, -0.2) is 20.6 Å². The van der Waals surface area contributed by atoms with Gasteiger partial charge in [-0.2, -0.15) is 0 Å². The summed E-state index contributed by atoms with van der Waals surface area (Å²) in [5.41, 5.74) is 2.91. The number of aliphatic carboxylic acids is 1. The Morgan fingerprint density at radius 3 is 2.39 bits per heavy atom. The van der Waals surface area contributed by atoms with Gasteiger partial charge in [-0.1, -0.05) is 55.8 Å². The van der Waals surface area contributed by atoms with E-state index >= 15 is 0 Å². The molecule has 2 aromatic carbocycles. The van der Waals surface area contributed by atoms with Crippen molar-refractivity contribution < 1.29 is 14.6 Å². The first-order valence-electron chi connectivity index (χ1n) is 10.5. The van der Waals surface area contributed by atoms with Gasteiger partial charge in [-0.25, -0.2) is 9.78 Å². The summed E-state index contributed by atoms with van der Waals surface area (Å²) < 4.78 is 7.46. The molecule has 1 heterocycles. The van der Waals surface area contributed by atoms with Gasteiger partial charge in [0.25, 0.3) is 5.56 Å². The highest BCUT2D eigenvalue weighted by atomic mass is 16.5. The van der Waals surface area contributed by atoms with Crippen molar-refractivity contribution in [2.24, 2.45) is 0 Å². The maximum Gasteiger partial charge on any atom is 0.349 e. The lowest BCUT2D eigenvalue weighted by Crippen LogP contribution is -2.28. The van der Waals surface area contributed by atoms with Crippen LogP contribution in [-0.2, 0) is 17.8 Å². The van der Waals surface area contributed by atoms with Crippen molar-refractivity contribution >= 4 is 5.97 Å². The van der Waals surface area contributed by atoms with Crippen LogP contribution in [0.5, 0.6) is 5.75 Å². The minimum absolute atomic E-state index is 0.0195. The molecule has 3 rings (SSSR count). The lowest BCUT2D eigenvalue weighted by molar-refractivity contribution is -0.145. The average molecular weight is 421 g/mol.